The van der Waals surface area contributed by atoms with Gasteiger partial charge < -0.3 is 10.5 Å². The van der Waals surface area contributed by atoms with Gasteiger partial charge in [0.1, 0.15) is 5.82 Å². The average Bonchev–Trinajstić information content (AvgIpc) is 2.20. The van der Waals surface area contributed by atoms with Crippen molar-refractivity contribution in [1.29, 1.82) is 0 Å². The highest BCUT2D eigenvalue weighted by Crippen LogP contribution is 2.07. The van der Waals surface area contributed by atoms with Crippen molar-refractivity contribution in [2.24, 2.45) is 5.73 Å². The first-order chi connectivity index (χ1) is 6.74. The molecule has 0 spiro atoms. The Morgan fingerprint density at radius 2 is 2.14 bits per heavy atom. The van der Waals surface area contributed by atoms with Crippen molar-refractivity contribution in [1.82, 2.24) is 0 Å². The van der Waals surface area contributed by atoms with Crippen molar-refractivity contribution in [2.45, 2.75) is 26.0 Å². The van der Waals surface area contributed by atoms with Gasteiger partial charge in [-0.05, 0) is 12.5 Å². The third kappa shape index (κ3) is 3.44. The van der Waals surface area contributed by atoms with Gasteiger partial charge in [-0.2, -0.15) is 0 Å². The predicted molar refractivity (Wildman–Crippen MR) is 54.3 cm³/mol. The normalized spacial score (nSPS) is 12.8. The standard InChI is InChI=1S/C11H16FNO/c1-2-10(13)8-14-7-9-5-3-4-6-11(9)12/h3-6,10H,2,7-8,13H2,1H3/t10-/m1/s1. The predicted octanol–water partition coefficient (Wildman–Crippen LogP) is 2.08. The third-order valence-electron chi connectivity index (χ3n) is 2.07. The zero-order valence-electron chi connectivity index (χ0n) is 8.37. The minimum atomic E-state index is -0.224. The maximum absolute atomic E-state index is 13.1. The largest absolute Gasteiger partial charge is 0.375 e. The molecule has 1 rings (SSSR count). The number of rotatable bonds is 5. The van der Waals surface area contributed by atoms with Crippen LogP contribution in [0.15, 0.2) is 24.3 Å². The molecule has 0 aliphatic heterocycles. The molecule has 0 aliphatic carbocycles. The van der Waals surface area contributed by atoms with Crippen molar-refractivity contribution >= 4 is 0 Å². The van der Waals surface area contributed by atoms with E-state index in [0.29, 0.717) is 18.8 Å². The quantitative estimate of drug-likeness (QED) is 0.784. The van der Waals surface area contributed by atoms with E-state index in [1.165, 1.54) is 6.07 Å². The van der Waals surface area contributed by atoms with Crippen LogP contribution in [0.5, 0.6) is 0 Å². The summed E-state index contributed by atoms with van der Waals surface area (Å²) in [6.07, 6.45) is 0.872. The number of benzene rings is 1. The molecule has 0 heterocycles. The molecule has 0 bridgehead atoms. The first-order valence-electron chi connectivity index (χ1n) is 4.80. The zero-order valence-corrected chi connectivity index (χ0v) is 8.37. The van der Waals surface area contributed by atoms with Crippen molar-refractivity contribution < 1.29 is 9.13 Å². The lowest BCUT2D eigenvalue weighted by molar-refractivity contribution is 0.105. The third-order valence-corrected chi connectivity index (χ3v) is 2.07. The van der Waals surface area contributed by atoms with Gasteiger partial charge in [-0.1, -0.05) is 25.1 Å². The Labute approximate surface area is 83.9 Å². The first-order valence-corrected chi connectivity index (χ1v) is 4.80. The van der Waals surface area contributed by atoms with E-state index in [0.717, 1.165) is 6.42 Å². The molecule has 78 valence electrons. The first kappa shape index (κ1) is 11.1. The van der Waals surface area contributed by atoms with Crippen molar-refractivity contribution in [2.75, 3.05) is 6.61 Å². The molecule has 3 heteroatoms. The molecule has 0 aliphatic rings. The topological polar surface area (TPSA) is 35.2 Å². The molecule has 0 saturated heterocycles. The summed E-state index contributed by atoms with van der Waals surface area (Å²) in [5.74, 6) is -0.224. The molecule has 1 aromatic rings. The van der Waals surface area contributed by atoms with Crippen molar-refractivity contribution in [3.8, 4) is 0 Å². The van der Waals surface area contributed by atoms with Gasteiger partial charge in [0.25, 0.3) is 0 Å². The van der Waals surface area contributed by atoms with E-state index in [2.05, 4.69) is 0 Å². The highest BCUT2D eigenvalue weighted by atomic mass is 19.1. The molecule has 14 heavy (non-hydrogen) atoms. The second kappa shape index (κ2) is 5.73. The Bertz CT molecular complexity index is 278. The number of halogens is 1. The molecule has 0 unspecified atom stereocenters. The minimum Gasteiger partial charge on any atom is -0.375 e. The van der Waals surface area contributed by atoms with Crippen LogP contribution in [0.2, 0.25) is 0 Å². The van der Waals surface area contributed by atoms with E-state index in [1.807, 2.05) is 6.92 Å². The molecule has 0 radical (unpaired) electrons. The average molecular weight is 197 g/mol. The summed E-state index contributed by atoms with van der Waals surface area (Å²) in [7, 11) is 0. The summed E-state index contributed by atoms with van der Waals surface area (Å²) in [6, 6.07) is 6.64. The lowest BCUT2D eigenvalue weighted by atomic mass is 10.2. The summed E-state index contributed by atoms with van der Waals surface area (Å²) >= 11 is 0. The SMILES string of the molecule is CC[C@@H](N)COCc1ccccc1F. The van der Waals surface area contributed by atoms with Crippen molar-refractivity contribution in [3.05, 3.63) is 35.6 Å². The molecule has 0 saturated carbocycles. The molecule has 1 atom stereocenters. The van der Waals surface area contributed by atoms with Crippen LogP contribution in [0.4, 0.5) is 4.39 Å². The molecule has 0 aromatic heterocycles. The fourth-order valence-corrected chi connectivity index (χ4v) is 1.05. The maximum Gasteiger partial charge on any atom is 0.128 e. The van der Waals surface area contributed by atoms with Crippen LogP contribution >= 0.6 is 0 Å². The van der Waals surface area contributed by atoms with E-state index in [9.17, 15) is 4.39 Å². The highest BCUT2D eigenvalue weighted by Gasteiger charge is 2.02. The fourth-order valence-electron chi connectivity index (χ4n) is 1.05. The van der Waals surface area contributed by atoms with Gasteiger partial charge in [0.05, 0.1) is 13.2 Å². The van der Waals surface area contributed by atoms with Gasteiger partial charge in [0, 0.05) is 11.6 Å². The maximum atomic E-state index is 13.1. The van der Waals surface area contributed by atoms with Gasteiger partial charge in [0.2, 0.25) is 0 Å². The van der Waals surface area contributed by atoms with Gasteiger partial charge in [0.15, 0.2) is 0 Å². The van der Waals surface area contributed by atoms with E-state index < -0.39 is 0 Å². The lowest BCUT2D eigenvalue weighted by Gasteiger charge is -2.09. The molecule has 2 nitrogen and oxygen atoms in total. The zero-order chi connectivity index (χ0) is 10.4. The van der Waals surface area contributed by atoms with Crippen LogP contribution < -0.4 is 5.73 Å². The summed E-state index contributed by atoms with van der Waals surface area (Å²) in [4.78, 5) is 0. The van der Waals surface area contributed by atoms with Crippen LogP contribution in [0, 0.1) is 5.82 Å². The smallest absolute Gasteiger partial charge is 0.128 e. The minimum absolute atomic E-state index is 0.0433. The Morgan fingerprint density at radius 3 is 2.79 bits per heavy atom. The molecule has 0 fully saturated rings. The Balaban J connectivity index is 2.35. The van der Waals surface area contributed by atoms with Gasteiger partial charge in [-0.25, -0.2) is 4.39 Å². The summed E-state index contributed by atoms with van der Waals surface area (Å²) in [5, 5.41) is 0. The van der Waals surface area contributed by atoms with Crippen LogP contribution in [0.1, 0.15) is 18.9 Å². The number of ether oxygens (including phenoxy) is 1. The Hall–Kier alpha value is -0.930. The number of nitrogens with two attached hydrogens (primary N) is 1. The van der Waals surface area contributed by atoms with E-state index in [4.69, 9.17) is 10.5 Å². The van der Waals surface area contributed by atoms with E-state index in [1.54, 1.807) is 18.2 Å². The number of hydrogen-bond acceptors (Lipinski definition) is 2. The second-order valence-electron chi connectivity index (χ2n) is 3.27. The number of hydrogen-bond donors (Lipinski definition) is 1. The highest BCUT2D eigenvalue weighted by molar-refractivity contribution is 5.16. The van der Waals surface area contributed by atoms with E-state index in [-0.39, 0.29) is 11.9 Å². The van der Waals surface area contributed by atoms with Gasteiger partial charge in [-0.3, -0.25) is 0 Å². The van der Waals surface area contributed by atoms with Crippen LogP contribution in [0.25, 0.3) is 0 Å². The summed E-state index contributed by atoms with van der Waals surface area (Å²) in [6.45, 7) is 2.77. The summed E-state index contributed by atoms with van der Waals surface area (Å²) in [5.41, 5.74) is 6.24. The Morgan fingerprint density at radius 1 is 1.43 bits per heavy atom. The van der Waals surface area contributed by atoms with Gasteiger partial charge >= 0.3 is 0 Å². The van der Waals surface area contributed by atoms with Crippen molar-refractivity contribution in [3.63, 3.8) is 0 Å². The van der Waals surface area contributed by atoms with Crippen LogP contribution in [0.3, 0.4) is 0 Å². The molecular formula is C11H16FNO. The monoisotopic (exact) mass is 197 g/mol. The Kier molecular flexibility index (Phi) is 4.56. The second-order valence-corrected chi connectivity index (χ2v) is 3.27. The lowest BCUT2D eigenvalue weighted by Crippen LogP contribution is -2.24. The van der Waals surface area contributed by atoms with Crippen LogP contribution in [-0.2, 0) is 11.3 Å². The summed E-state index contributed by atoms with van der Waals surface area (Å²) < 4.78 is 18.4. The molecule has 0 amide bonds. The molecular weight excluding hydrogens is 181 g/mol. The fraction of sp³-hybridized carbons (Fsp3) is 0.455. The molecule has 2 N–H and O–H groups in total. The van der Waals surface area contributed by atoms with Crippen LogP contribution in [-0.4, -0.2) is 12.6 Å². The molecule has 1 aromatic carbocycles. The van der Waals surface area contributed by atoms with Gasteiger partial charge in [-0.15, -0.1) is 0 Å². The van der Waals surface area contributed by atoms with E-state index >= 15 is 0 Å².